The van der Waals surface area contributed by atoms with E-state index in [2.05, 4.69) is 10.6 Å². The molecule has 1 saturated heterocycles. The fourth-order valence-electron chi connectivity index (χ4n) is 3.19. The maximum Gasteiger partial charge on any atom is 0.325 e. The second-order valence-electron chi connectivity index (χ2n) is 7.15. The van der Waals surface area contributed by atoms with Gasteiger partial charge in [-0.15, -0.1) is 0 Å². The van der Waals surface area contributed by atoms with Crippen LogP contribution < -0.4 is 10.6 Å². The fourth-order valence-corrected chi connectivity index (χ4v) is 3.19. The highest BCUT2D eigenvalue weighted by molar-refractivity contribution is 6.09. The lowest BCUT2D eigenvalue weighted by molar-refractivity contribution is -0.135. The SMILES string of the molecule is Cc1ccc(C2(C)NC(=O)N(CC(=O)NC(C)c3ccc(F)cc3)C2=O)cc1. The minimum Gasteiger partial charge on any atom is -0.348 e. The van der Waals surface area contributed by atoms with Crippen LogP contribution in [0.5, 0.6) is 0 Å². The first-order valence-electron chi connectivity index (χ1n) is 8.97. The molecule has 28 heavy (non-hydrogen) atoms. The average molecular weight is 383 g/mol. The number of carbonyl (C=O) groups excluding carboxylic acids is 3. The van der Waals surface area contributed by atoms with Gasteiger partial charge >= 0.3 is 6.03 Å². The minimum absolute atomic E-state index is 0.364. The predicted octanol–water partition coefficient (Wildman–Crippen LogP) is 2.78. The van der Waals surface area contributed by atoms with Crippen LogP contribution in [0.2, 0.25) is 0 Å². The van der Waals surface area contributed by atoms with Crippen LogP contribution in [0.15, 0.2) is 48.5 Å². The summed E-state index contributed by atoms with van der Waals surface area (Å²) in [6.45, 7) is 4.90. The van der Waals surface area contributed by atoms with Gasteiger partial charge in [-0.3, -0.25) is 14.5 Å². The molecule has 2 aromatic carbocycles. The molecule has 7 heteroatoms. The molecule has 0 spiro atoms. The van der Waals surface area contributed by atoms with Gasteiger partial charge in [-0.05, 0) is 44.0 Å². The molecule has 0 aliphatic carbocycles. The Morgan fingerprint density at radius 3 is 2.36 bits per heavy atom. The largest absolute Gasteiger partial charge is 0.348 e. The Hall–Kier alpha value is -3.22. The number of aryl methyl sites for hydroxylation is 1. The van der Waals surface area contributed by atoms with E-state index in [4.69, 9.17) is 0 Å². The first-order valence-corrected chi connectivity index (χ1v) is 8.97. The molecule has 1 heterocycles. The molecule has 2 atom stereocenters. The Bertz CT molecular complexity index is 911. The highest BCUT2D eigenvalue weighted by Crippen LogP contribution is 2.29. The van der Waals surface area contributed by atoms with Gasteiger partial charge in [-0.2, -0.15) is 0 Å². The van der Waals surface area contributed by atoms with Gasteiger partial charge in [-0.25, -0.2) is 9.18 Å². The third kappa shape index (κ3) is 3.74. The summed E-state index contributed by atoms with van der Waals surface area (Å²) < 4.78 is 13.0. The van der Waals surface area contributed by atoms with E-state index >= 15 is 0 Å². The molecule has 2 aromatic rings. The average Bonchev–Trinajstić information content (AvgIpc) is 2.86. The molecule has 2 unspecified atom stereocenters. The van der Waals surface area contributed by atoms with Crippen molar-refractivity contribution in [1.82, 2.24) is 15.5 Å². The maximum absolute atomic E-state index is 13.0. The van der Waals surface area contributed by atoms with E-state index in [1.807, 2.05) is 19.1 Å². The molecule has 2 N–H and O–H groups in total. The van der Waals surface area contributed by atoms with Crippen molar-refractivity contribution >= 4 is 17.8 Å². The predicted molar refractivity (Wildman–Crippen MR) is 102 cm³/mol. The van der Waals surface area contributed by atoms with Crippen molar-refractivity contribution in [1.29, 1.82) is 0 Å². The molecule has 1 fully saturated rings. The molecule has 146 valence electrons. The third-order valence-corrected chi connectivity index (χ3v) is 4.95. The van der Waals surface area contributed by atoms with E-state index in [0.29, 0.717) is 5.56 Å². The van der Waals surface area contributed by atoms with Crippen molar-refractivity contribution < 1.29 is 18.8 Å². The van der Waals surface area contributed by atoms with Crippen molar-refractivity contribution in [2.45, 2.75) is 32.4 Å². The van der Waals surface area contributed by atoms with Crippen LogP contribution in [0, 0.1) is 12.7 Å². The van der Waals surface area contributed by atoms with Crippen LogP contribution in [0.1, 0.15) is 36.6 Å². The Labute approximate surface area is 162 Å². The molecule has 3 rings (SSSR count). The number of hydrogen-bond donors (Lipinski definition) is 2. The standard InChI is InChI=1S/C21H22FN3O3/c1-13-4-8-16(9-5-13)21(3)19(27)25(20(28)24-21)12-18(26)23-14(2)15-6-10-17(22)11-7-15/h4-11,14H,12H2,1-3H3,(H,23,26)(H,24,28). The summed E-state index contributed by atoms with van der Waals surface area (Å²) in [6, 6.07) is 12.0. The number of benzene rings is 2. The van der Waals surface area contributed by atoms with Gasteiger partial charge in [0, 0.05) is 0 Å². The van der Waals surface area contributed by atoms with E-state index in [9.17, 15) is 18.8 Å². The lowest BCUT2D eigenvalue weighted by Crippen LogP contribution is -2.43. The summed E-state index contributed by atoms with van der Waals surface area (Å²) >= 11 is 0. The second-order valence-corrected chi connectivity index (χ2v) is 7.15. The van der Waals surface area contributed by atoms with Gasteiger partial charge in [0.25, 0.3) is 5.91 Å². The van der Waals surface area contributed by atoms with Gasteiger partial charge in [-0.1, -0.05) is 42.0 Å². The number of carbonyl (C=O) groups is 3. The van der Waals surface area contributed by atoms with Crippen LogP contribution in [-0.2, 0) is 15.1 Å². The molecule has 1 aliphatic heterocycles. The molecule has 6 nitrogen and oxygen atoms in total. The van der Waals surface area contributed by atoms with Crippen molar-refractivity contribution in [3.8, 4) is 0 Å². The molecule has 0 radical (unpaired) electrons. The van der Waals surface area contributed by atoms with Crippen LogP contribution in [0.4, 0.5) is 9.18 Å². The summed E-state index contributed by atoms with van der Waals surface area (Å²) in [6.07, 6.45) is 0. The number of nitrogens with one attached hydrogen (secondary N) is 2. The van der Waals surface area contributed by atoms with Crippen LogP contribution >= 0.6 is 0 Å². The number of halogens is 1. The lowest BCUT2D eigenvalue weighted by atomic mass is 9.91. The monoisotopic (exact) mass is 383 g/mol. The Morgan fingerprint density at radius 1 is 1.14 bits per heavy atom. The highest BCUT2D eigenvalue weighted by Gasteiger charge is 2.49. The Kier molecular flexibility index (Phi) is 5.18. The lowest BCUT2D eigenvalue weighted by Gasteiger charge is -2.22. The van der Waals surface area contributed by atoms with Gasteiger partial charge in [0.05, 0.1) is 6.04 Å². The normalized spacial score (nSPS) is 20.1. The van der Waals surface area contributed by atoms with E-state index in [1.54, 1.807) is 38.1 Å². The Balaban J connectivity index is 1.69. The Morgan fingerprint density at radius 2 is 1.75 bits per heavy atom. The van der Waals surface area contributed by atoms with E-state index in [0.717, 1.165) is 16.0 Å². The first-order chi connectivity index (χ1) is 13.2. The van der Waals surface area contributed by atoms with Crippen molar-refractivity contribution in [2.24, 2.45) is 0 Å². The van der Waals surface area contributed by atoms with E-state index < -0.39 is 36.0 Å². The second kappa shape index (κ2) is 7.42. The molecule has 0 bridgehead atoms. The number of nitrogens with zero attached hydrogens (tertiary/aromatic N) is 1. The maximum atomic E-state index is 13.0. The van der Waals surface area contributed by atoms with E-state index in [1.165, 1.54) is 12.1 Å². The topological polar surface area (TPSA) is 78.5 Å². The molecule has 4 amide bonds. The molecule has 0 aromatic heterocycles. The van der Waals surface area contributed by atoms with Gasteiger partial charge < -0.3 is 10.6 Å². The number of hydrogen-bond acceptors (Lipinski definition) is 3. The van der Waals surface area contributed by atoms with Crippen LogP contribution in [0.3, 0.4) is 0 Å². The van der Waals surface area contributed by atoms with Gasteiger partial charge in [0.15, 0.2) is 0 Å². The van der Waals surface area contributed by atoms with Crippen molar-refractivity contribution in [3.63, 3.8) is 0 Å². The zero-order chi connectivity index (χ0) is 20.5. The smallest absolute Gasteiger partial charge is 0.325 e. The molecular formula is C21H22FN3O3. The first kappa shape index (κ1) is 19.5. The van der Waals surface area contributed by atoms with Gasteiger partial charge in [0.1, 0.15) is 17.9 Å². The van der Waals surface area contributed by atoms with E-state index in [-0.39, 0.29) is 5.82 Å². The summed E-state index contributed by atoms with van der Waals surface area (Å²) in [5.41, 5.74) is 1.19. The molecular weight excluding hydrogens is 361 g/mol. The summed E-state index contributed by atoms with van der Waals surface area (Å²) in [7, 11) is 0. The number of rotatable bonds is 5. The van der Waals surface area contributed by atoms with Crippen molar-refractivity contribution in [2.75, 3.05) is 6.54 Å². The highest BCUT2D eigenvalue weighted by atomic mass is 19.1. The fraction of sp³-hybridized carbons (Fsp3) is 0.286. The minimum atomic E-state index is -1.21. The zero-order valence-electron chi connectivity index (χ0n) is 16.0. The summed E-state index contributed by atoms with van der Waals surface area (Å²) in [5, 5.41) is 5.40. The summed E-state index contributed by atoms with van der Waals surface area (Å²) in [4.78, 5) is 38.5. The number of amides is 4. The third-order valence-electron chi connectivity index (χ3n) is 4.95. The zero-order valence-corrected chi connectivity index (χ0v) is 16.0. The molecule has 0 saturated carbocycles. The van der Waals surface area contributed by atoms with Crippen LogP contribution in [0.25, 0.3) is 0 Å². The van der Waals surface area contributed by atoms with Crippen molar-refractivity contribution in [3.05, 3.63) is 71.0 Å². The number of imide groups is 1. The van der Waals surface area contributed by atoms with Gasteiger partial charge in [0.2, 0.25) is 5.91 Å². The molecule has 1 aliphatic rings. The summed E-state index contributed by atoms with van der Waals surface area (Å²) in [5.74, 6) is -1.32. The number of urea groups is 1. The van der Waals surface area contributed by atoms with Crippen LogP contribution in [-0.4, -0.2) is 29.3 Å². The quantitative estimate of drug-likeness (QED) is 0.780.